The average Bonchev–Trinajstić information content (AvgIpc) is 3.03. The molecule has 0 aliphatic heterocycles. The SMILES string of the molecule is O=C(Cc1ccc([N+](=O)[O-])cc1)Nc1ccc2c3c(cccc13)CC2. The minimum atomic E-state index is -0.448. The van der Waals surface area contributed by atoms with Crippen molar-refractivity contribution in [1.29, 1.82) is 0 Å². The van der Waals surface area contributed by atoms with E-state index in [0.29, 0.717) is 0 Å². The number of hydrogen-bond acceptors (Lipinski definition) is 3. The molecular formula is C20H16N2O3. The van der Waals surface area contributed by atoms with Gasteiger partial charge in [0, 0.05) is 23.2 Å². The molecule has 25 heavy (non-hydrogen) atoms. The second-order valence-electron chi connectivity index (χ2n) is 6.26. The topological polar surface area (TPSA) is 72.2 Å². The molecule has 0 saturated heterocycles. The Morgan fingerprint density at radius 1 is 1.00 bits per heavy atom. The fraction of sp³-hybridized carbons (Fsp3) is 0.150. The number of carbonyl (C=O) groups is 1. The van der Waals surface area contributed by atoms with Crippen molar-refractivity contribution < 1.29 is 9.72 Å². The summed E-state index contributed by atoms with van der Waals surface area (Å²) in [7, 11) is 0. The van der Waals surface area contributed by atoms with Gasteiger partial charge in [0.05, 0.1) is 11.3 Å². The monoisotopic (exact) mass is 332 g/mol. The van der Waals surface area contributed by atoms with Gasteiger partial charge < -0.3 is 5.32 Å². The van der Waals surface area contributed by atoms with Gasteiger partial charge in [-0.2, -0.15) is 0 Å². The number of nitrogens with one attached hydrogen (secondary N) is 1. The van der Waals surface area contributed by atoms with Crippen molar-refractivity contribution >= 4 is 28.1 Å². The first-order chi connectivity index (χ1) is 12.1. The Labute approximate surface area is 144 Å². The second-order valence-corrected chi connectivity index (χ2v) is 6.26. The molecule has 5 nitrogen and oxygen atoms in total. The molecule has 0 unspecified atom stereocenters. The number of rotatable bonds is 4. The van der Waals surface area contributed by atoms with Gasteiger partial charge in [0.1, 0.15) is 0 Å². The standard InChI is InChI=1S/C20H16N2O3/c23-19(12-13-4-9-16(10-5-13)22(24)25)21-18-11-8-15-7-6-14-2-1-3-17(18)20(14)15/h1-5,8-11H,6-7,12H2,(H,21,23). The van der Waals surface area contributed by atoms with Gasteiger partial charge >= 0.3 is 0 Å². The van der Waals surface area contributed by atoms with Crippen LogP contribution < -0.4 is 5.32 Å². The highest BCUT2D eigenvalue weighted by Gasteiger charge is 2.16. The first kappa shape index (κ1) is 15.3. The molecule has 0 heterocycles. The Hall–Kier alpha value is -3.21. The number of carbonyl (C=O) groups excluding carboxylic acids is 1. The average molecular weight is 332 g/mol. The van der Waals surface area contributed by atoms with Crippen LogP contribution in [0, 0.1) is 10.1 Å². The molecule has 1 aliphatic rings. The third kappa shape index (κ3) is 2.85. The predicted octanol–water partition coefficient (Wildman–Crippen LogP) is 4.03. The van der Waals surface area contributed by atoms with E-state index in [1.54, 1.807) is 12.1 Å². The summed E-state index contributed by atoms with van der Waals surface area (Å²) in [5, 5.41) is 16.0. The molecule has 4 rings (SSSR count). The normalized spacial score (nSPS) is 12.3. The van der Waals surface area contributed by atoms with E-state index in [2.05, 4.69) is 17.4 Å². The first-order valence-electron chi connectivity index (χ1n) is 8.18. The summed E-state index contributed by atoms with van der Waals surface area (Å²) in [5.41, 5.74) is 4.25. The van der Waals surface area contributed by atoms with Crippen molar-refractivity contribution in [3.05, 3.63) is 81.4 Å². The first-order valence-corrected chi connectivity index (χ1v) is 8.18. The Bertz CT molecular complexity index is 983. The Morgan fingerprint density at radius 2 is 1.72 bits per heavy atom. The van der Waals surface area contributed by atoms with E-state index in [0.717, 1.165) is 29.5 Å². The molecule has 1 amide bonds. The zero-order chi connectivity index (χ0) is 17.4. The molecule has 0 aromatic heterocycles. The molecule has 0 saturated carbocycles. The lowest BCUT2D eigenvalue weighted by atomic mass is 10.0. The largest absolute Gasteiger partial charge is 0.325 e. The van der Waals surface area contributed by atoms with Crippen LogP contribution in [-0.2, 0) is 24.1 Å². The molecule has 1 aliphatic carbocycles. The number of anilines is 1. The van der Waals surface area contributed by atoms with Crippen LogP contribution in [0.3, 0.4) is 0 Å². The fourth-order valence-electron chi connectivity index (χ4n) is 3.47. The number of nitro groups is 1. The summed E-state index contributed by atoms with van der Waals surface area (Å²) < 4.78 is 0. The van der Waals surface area contributed by atoms with Gasteiger partial charge in [0.15, 0.2) is 0 Å². The number of amides is 1. The predicted molar refractivity (Wildman–Crippen MR) is 96.8 cm³/mol. The smallest absolute Gasteiger partial charge is 0.269 e. The van der Waals surface area contributed by atoms with Gasteiger partial charge in [-0.25, -0.2) is 0 Å². The second kappa shape index (κ2) is 6.02. The van der Waals surface area contributed by atoms with Gasteiger partial charge in [0.25, 0.3) is 5.69 Å². The van der Waals surface area contributed by atoms with Gasteiger partial charge in [0.2, 0.25) is 5.91 Å². The summed E-state index contributed by atoms with van der Waals surface area (Å²) >= 11 is 0. The van der Waals surface area contributed by atoms with E-state index in [-0.39, 0.29) is 18.0 Å². The minimum Gasteiger partial charge on any atom is -0.325 e. The lowest BCUT2D eigenvalue weighted by Gasteiger charge is -2.10. The molecule has 5 heteroatoms. The van der Waals surface area contributed by atoms with Crippen LogP contribution in [-0.4, -0.2) is 10.8 Å². The van der Waals surface area contributed by atoms with E-state index in [4.69, 9.17) is 0 Å². The van der Waals surface area contributed by atoms with E-state index < -0.39 is 4.92 Å². The van der Waals surface area contributed by atoms with Crippen LogP contribution in [0.1, 0.15) is 16.7 Å². The molecular weight excluding hydrogens is 316 g/mol. The summed E-state index contributed by atoms with van der Waals surface area (Å²) in [6.07, 6.45) is 2.28. The number of nitrogens with zero attached hydrogens (tertiary/aromatic N) is 1. The Kier molecular flexibility index (Phi) is 3.69. The highest BCUT2D eigenvalue weighted by Crippen LogP contribution is 2.35. The lowest BCUT2D eigenvalue weighted by Crippen LogP contribution is -2.14. The van der Waals surface area contributed by atoms with Crippen molar-refractivity contribution in [3.8, 4) is 0 Å². The minimum absolute atomic E-state index is 0.0247. The van der Waals surface area contributed by atoms with Gasteiger partial charge in [-0.15, -0.1) is 0 Å². The Balaban J connectivity index is 1.55. The maximum atomic E-state index is 12.4. The molecule has 0 atom stereocenters. The van der Waals surface area contributed by atoms with Gasteiger partial charge in [-0.05, 0) is 41.0 Å². The summed E-state index contributed by atoms with van der Waals surface area (Å²) in [6, 6.07) is 16.3. The van der Waals surface area contributed by atoms with Crippen molar-refractivity contribution in [2.45, 2.75) is 19.3 Å². The lowest BCUT2D eigenvalue weighted by molar-refractivity contribution is -0.384. The molecule has 3 aromatic rings. The third-order valence-electron chi connectivity index (χ3n) is 4.66. The van der Waals surface area contributed by atoms with Crippen LogP contribution in [0.5, 0.6) is 0 Å². The van der Waals surface area contributed by atoms with Crippen LogP contribution in [0.25, 0.3) is 10.8 Å². The number of hydrogen-bond donors (Lipinski definition) is 1. The van der Waals surface area contributed by atoms with Crippen LogP contribution in [0.15, 0.2) is 54.6 Å². The fourth-order valence-corrected chi connectivity index (χ4v) is 3.47. The molecule has 0 fully saturated rings. The maximum absolute atomic E-state index is 12.4. The third-order valence-corrected chi connectivity index (χ3v) is 4.66. The summed E-state index contributed by atoms with van der Waals surface area (Å²) in [4.78, 5) is 22.6. The van der Waals surface area contributed by atoms with Crippen LogP contribution in [0.4, 0.5) is 11.4 Å². The summed E-state index contributed by atoms with van der Waals surface area (Å²) in [6.45, 7) is 0. The van der Waals surface area contributed by atoms with Gasteiger partial charge in [-0.3, -0.25) is 14.9 Å². The number of nitro benzene ring substituents is 1. The van der Waals surface area contributed by atoms with Crippen LogP contribution in [0.2, 0.25) is 0 Å². The van der Waals surface area contributed by atoms with E-state index in [1.165, 1.54) is 28.6 Å². The van der Waals surface area contributed by atoms with Crippen molar-refractivity contribution in [1.82, 2.24) is 0 Å². The van der Waals surface area contributed by atoms with E-state index in [9.17, 15) is 14.9 Å². The molecule has 0 bridgehead atoms. The molecule has 124 valence electrons. The molecule has 0 radical (unpaired) electrons. The van der Waals surface area contributed by atoms with Gasteiger partial charge in [-0.1, -0.05) is 36.4 Å². The zero-order valence-electron chi connectivity index (χ0n) is 13.5. The zero-order valence-corrected chi connectivity index (χ0v) is 13.5. The van der Waals surface area contributed by atoms with Crippen molar-refractivity contribution in [3.63, 3.8) is 0 Å². The number of non-ortho nitro benzene ring substituents is 1. The van der Waals surface area contributed by atoms with Crippen molar-refractivity contribution in [2.24, 2.45) is 0 Å². The van der Waals surface area contributed by atoms with Crippen molar-refractivity contribution in [2.75, 3.05) is 5.32 Å². The van der Waals surface area contributed by atoms with E-state index >= 15 is 0 Å². The molecule has 1 N–H and O–H groups in total. The summed E-state index contributed by atoms with van der Waals surface area (Å²) in [5.74, 6) is -0.132. The van der Waals surface area contributed by atoms with Crippen LogP contribution >= 0.6 is 0 Å². The van der Waals surface area contributed by atoms with E-state index in [1.807, 2.05) is 18.2 Å². The highest BCUT2D eigenvalue weighted by molar-refractivity contribution is 6.05. The number of benzene rings is 3. The maximum Gasteiger partial charge on any atom is 0.269 e. The number of aryl methyl sites for hydroxylation is 2. The Morgan fingerprint density at radius 3 is 2.44 bits per heavy atom. The molecule has 3 aromatic carbocycles. The molecule has 0 spiro atoms. The highest BCUT2D eigenvalue weighted by atomic mass is 16.6. The quantitative estimate of drug-likeness (QED) is 0.579.